The molecule has 2 fully saturated rings. The van der Waals surface area contributed by atoms with Crippen LogP contribution in [-0.2, 0) is 4.79 Å². The first-order valence-corrected chi connectivity index (χ1v) is 7.87. The minimum atomic E-state index is -0.819. The first kappa shape index (κ1) is 15.1. The minimum absolute atomic E-state index is 0.0605. The van der Waals surface area contributed by atoms with Crippen LogP contribution in [0.5, 0.6) is 0 Å². The summed E-state index contributed by atoms with van der Waals surface area (Å²) in [6.45, 7) is 2.87. The van der Waals surface area contributed by atoms with Crippen LogP contribution in [0, 0.1) is 5.92 Å². The average Bonchev–Trinajstić information content (AvgIpc) is 2.41. The van der Waals surface area contributed by atoms with Crippen molar-refractivity contribution in [3.05, 3.63) is 0 Å². The van der Waals surface area contributed by atoms with E-state index in [0.29, 0.717) is 12.5 Å². The molecule has 5 heteroatoms. The van der Waals surface area contributed by atoms with Crippen LogP contribution >= 0.6 is 0 Å². The van der Waals surface area contributed by atoms with E-state index in [0.717, 1.165) is 25.7 Å². The summed E-state index contributed by atoms with van der Waals surface area (Å²) >= 11 is 0. The molecule has 114 valence electrons. The zero-order valence-electron chi connectivity index (χ0n) is 12.3. The number of likely N-dealkylation sites (tertiary alicyclic amines) is 1. The Morgan fingerprint density at radius 2 is 1.85 bits per heavy atom. The van der Waals surface area contributed by atoms with E-state index in [2.05, 4.69) is 12.2 Å². The van der Waals surface area contributed by atoms with Gasteiger partial charge in [0.1, 0.15) is 0 Å². The largest absolute Gasteiger partial charge is 0.481 e. The summed E-state index contributed by atoms with van der Waals surface area (Å²) in [5, 5.41) is 12.1. The van der Waals surface area contributed by atoms with Gasteiger partial charge in [-0.25, -0.2) is 4.79 Å². The van der Waals surface area contributed by atoms with Crippen molar-refractivity contribution >= 4 is 12.0 Å². The van der Waals surface area contributed by atoms with Gasteiger partial charge in [0.05, 0.1) is 6.42 Å². The molecular weight excluding hydrogens is 256 g/mol. The Kier molecular flexibility index (Phi) is 5.26. The molecule has 2 amide bonds. The molecule has 1 heterocycles. The van der Waals surface area contributed by atoms with Crippen molar-refractivity contribution in [1.82, 2.24) is 10.2 Å². The summed E-state index contributed by atoms with van der Waals surface area (Å²) in [7, 11) is 0. The van der Waals surface area contributed by atoms with E-state index in [-0.39, 0.29) is 24.5 Å². The third-order valence-corrected chi connectivity index (χ3v) is 4.72. The van der Waals surface area contributed by atoms with Gasteiger partial charge in [-0.1, -0.05) is 19.8 Å². The van der Waals surface area contributed by atoms with Gasteiger partial charge < -0.3 is 15.3 Å². The Morgan fingerprint density at radius 1 is 1.15 bits per heavy atom. The van der Waals surface area contributed by atoms with Crippen LogP contribution in [0.15, 0.2) is 0 Å². The summed E-state index contributed by atoms with van der Waals surface area (Å²) in [6, 6.07) is 0.0542. The highest BCUT2D eigenvalue weighted by Gasteiger charge is 2.31. The topological polar surface area (TPSA) is 69.6 Å². The molecule has 1 saturated carbocycles. The smallest absolute Gasteiger partial charge is 0.317 e. The van der Waals surface area contributed by atoms with E-state index >= 15 is 0 Å². The van der Waals surface area contributed by atoms with E-state index < -0.39 is 5.97 Å². The Hall–Kier alpha value is -1.26. The second kappa shape index (κ2) is 6.95. The third kappa shape index (κ3) is 3.87. The number of amides is 2. The van der Waals surface area contributed by atoms with Gasteiger partial charge in [-0.05, 0) is 38.0 Å². The summed E-state index contributed by atoms with van der Waals surface area (Å²) in [6.07, 6.45) is 7.50. The molecule has 0 spiro atoms. The van der Waals surface area contributed by atoms with Crippen molar-refractivity contribution in [2.45, 2.75) is 70.4 Å². The van der Waals surface area contributed by atoms with Gasteiger partial charge >= 0.3 is 12.0 Å². The predicted molar refractivity (Wildman–Crippen MR) is 76.5 cm³/mol. The molecular formula is C15H26N2O3. The molecule has 5 nitrogen and oxygen atoms in total. The quantitative estimate of drug-likeness (QED) is 0.836. The Labute approximate surface area is 120 Å². The lowest BCUT2D eigenvalue weighted by atomic mass is 9.86. The summed E-state index contributed by atoms with van der Waals surface area (Å²) < 4.78 is 0. The molecule has 0 radical (unpaired) electrons. The van der Waals surface area contributed by atoms with Gasteiger partial charge in [-0.3, -0.25) is 4.79 Å². The number of rotatable bonds is 3. The predicted octanol–water partition coefficient (Wildman–Crippen LogP) is 2.60. The number of piperidine rings is 1. The molecule has 2 rings (SSSR count). The first-order chi connectivity index (χ1) is 9.58. The molecule has 0 bridgehead atoms. The van der Waals surface area contributed by atoms with Crippen LogP contribution in [0.3, 0.4) is 0 Å². The highest BCUT2D eigenvalue weighted by atomic mass is 16.4. The number of hydrogen-bond donors (Lipinski definition) is 2. The molecule has 0 aromatic heterocycles. The lowest BCUT2D eigenvalue weighted by molar-refractivity contribution is -0.138. The summed E-state index contributed by atoms with van der Waals surface area (Å²) in [5.41, 5.74) is 0. The van der Waals surface area contributed by atoms with Gasteiger partial charge in [0, 0.05) is 18.6 Å². The van der Waals surface area contributed by atoms with E-state index in [1.165, 1.54) is 19.3 Å². The SMILES string of the molecule is CC1CCCCC1NC(=O)N1CCCCC1CC(=O)O. The Morgan fingerprint density at radius 3 is 2.55 bits per heavy atom. The van der Waals surface area contributed by atoms with Gasteiger partial charge in [0.25, 0.3) is 0 Å². The maximum Gasteiger partial charge on any atom is 0.317 e. The van der Waals surface area contributed by atoms with Crippen LogP contribution in [0.2, 0.25) is 0 Å². The molecule has 2 N–H and O–H groups in total. The zero-order chi connectivity index (χ0) is 14.5. The van der Waals surface area contributed by atoms with E-state index in [9.17, 15) is 9.59 Å². The fraction of sp³-hybridized carbons (Fsp3) is 0.867. The standard InChI is InChI=1S/C15H26N2O3/c1-11-6-2-3-8-13(11)16-15(20)17-9-5-4-7-12(17)10-14(18)19/h11-13H,2-10H2,1H3,(H,16,20)(H,18,19). The molecule has 3 atom stereocenters. The Bertz CT molecular complexity index is 359. The van der Waals surface area contributed by atoms with Crippen molar-refractivity contribution < 1.29 is 14.7 Å². The number of nitrogens with zero attached hydrogens (tertiary/aromatic N) is 1. The lowest BCUT2D eigenvalue weighted by Crippen LogP contribution is -2.53. The number of urea groups is 1. The highest BCUT2D eigenvalue weighted by Crippen LogP contribution is 2.25. The second-order valence-electron chi connectivity index (χ2n) is 6.26. The lowest BCUT2D eigenvalue weighted by Gasteiger charge is -2.38. The Balaban J connectivity index is 1.93. The first-order valence-electron chi connectivity index (χ1n) is 7.87. The molecule has 0 aromatic carbocycles. The van der Waals surface area contributed by atoms with Crippen molar-refractivity contribution in [3.63, 3.8) is 0 Å². The molecule has 3 unspecified atom stereocenters. The van der Waals surface area contributed by atoms with E-state index in [1.807, 2.05) is 0 Å². The number of aliphatic carboxylic acids is 1. The highest BCUT2D eigenvalue weighted by molar-refractivity contribution is 5.76. The van der Waals surface area contributed by atoms with Crippen LogP contribution in [0.4, 0.5) is 4.79 Å². The van der Waals surface area contributed by atoms with Gasteiger partial charge in [-0.15, -0.1) is 0 Å². The summed E-state index contributed by atoms with van der Waals surface area (Å²) in [5.74, 6) is -0.295. The molecule has 1 aliphatic carbocycles. The van der Waals surface area contributed by atoms with Crippen molar-refractivity contribution in [3.8, 4) is 0 Å². The normalized spacial score (nSPS) is 30.9. The number of hydrogen-bond acceptors (Lipinski definition) is 2. The number of carbonyl (C=O) groups is 2. The molecule has 20 heavy (non-hydrogen) atoms. The number of carbonyl (C=O) groups excluding carboxylic acids is 1. The third-order valence-electron chi connectivity index (χ3n) is 4.72. The van der Waals surface area contributed by atoms with Crippen molar-refractivity contribution in [2.24, 2.45) is 5.92 Å². The van der Waals surface area contributed by atoms with Crippen molar-refractivity contribution in [1.29, 1.82) is 0 Å². The maximum atomic E-state index is 12.4. The molecule has 1 aliphatic heterocycles. The zero-order valence-corrected chi connectivity index (χ0v) is 12.3. The molecule has 1 saturated heterocycles. The monoisotopic (exact) mass is 282 g/mol. The van der Waals surface area contributed by atoms with Crippen LogP contribution in [0.1, 0.15) is 58.3 Å². The fourth-order valence-corrected chi connectivity index (χ4v) is 3.45. The van der Waals surface area contributed by atoms with Crippen molar-refractivity contribution in [2.75, 3.05) is 6.54 Å². The maximum absolute atomic E-state index is 12.4. The number of nitrogens with one attached hydrogen (secondary N) is 1. The van der Waals surface area contributed by atoms with Gasteiger partial charge in [0.15, 0.2) is 0 Å². The molecule has 0 aromatic rings. The van der Waals surface area contributed by atoms with Crippen LogP contribution in [-0.4, -0.2) is 40.6 Å². The number of carboxylic acid groups (broad SMARTS) is 1. The second-order valence-corrected chi connectivity index (χ2v) is 6.26. The van der Waals surface area contributed by atoms with E-state index in [4.69, 9.17) is 5.11 Å². The fourth-order valence-electron chi connectivity index (χ4n) is 3.45. The van der Waals surface area contributed by atoms with E-state index in [1.54, 1.807) is 4.90 Å². The number of carboxylic acids is 1. The van der Waals surface area contributed by atoms with Crippen LogP contribution in [0.25, 0.3) is 0 Å². The van der Waals surface area contributed by atoms with Crippen LogP contribution < -0.4 is 5.32 Å². The average molecular weight is 282 g/mol. The molecule has 2 aliphatic rings. The van der Waals surface area contributed by atoms with Gasteiger partial charge in [0.2, 0.25) is 0 Å². The summed E-state index contributed by atoms with van der Waals surface area (Å²) in [4.78, 5) is 25.1. The van der Waals surface area contributed by atoms with Gasteiger partial charge in [-0.2, -0.15) is 0 Å². The minimum Gasteiger partial charge on any atom is -0.481 e.